The minimum atomic E-state index is -0.891. The zero-order valence-corrected chi connectivity index (χ0v) is 11.3. The number of pyridine rings is 1. The van der Waals surface area contributed by atoms with Crippen LogP contribution in [-0.2, 0) is 14.5 Å². The molecule has 18 heavy (non-hydrogen) atoms. The van der Waals surface area contributed by atoms with Crippen molar-refractivity contribution in [3.63, 3.8) is 0 Å². The maximum absolute atomic E-state index is 6.54. The molecule has 1 aromatic rings. The molecule has 5 heteroatoms. The lowest BCUT2D eigenvalue weighted by atomic mass is 9.96. The Bertz CT molecular complexity index is 476. The molecule has 1 aromatic heterocycles. The number of nitrogens with zero attached hydrogens (tertiary/aromatic N) is 1. The minimum Gasteiger partial charge on any atom is -0.495 e. The average Bonchev–Trinajstić information content (AvgIpc) is 2.37. The standard InChI is InChI=1S/C13H17ClN2O2/c1-9-3-4-10-12(16-9)11(17-2)5-6-13(10,14)18-8-7-15/h3-5H,6-8,15H2,1-2H3. The fraction of sp³-hybridized carbons (Fsp3) is 0.462. The highest BCUT2D eigenvalue weighted by molar-refractivity contribution is 6.23. The van der Waals surface area contributed by atoms with Gasteiger partial charge in [0.1, 0.15) is 11.5 Å². The van der Waals surface area contributed by atoms with Gasteiger partial charge in [-0.25, -0.2) is 4.98 Å². The largest absolute Gasteiger partial charge is 0.495 e. The molecule has 98 valence electrons. The van der Waals surface area contributed by atoms with E-state index >= 15 is 0 Å². The van der Waals surface area contributed by atoms with E-state index in [0.29, 0.717) is 19.6 Å². The van der Waals surface area contributed by atoms with Crippen molar-refractivity contribution in [3.8, 4) is 0 Å². The molecule has 0 spiro atoms. The molecule has 1 heterocycles. The van der Waals surface area contributed by atoms with Crippen LogP contribution in [0, 0.1) is 6.92 Å². The monoisotopic (exact) mass is 268 g/mol. The lowest BCUT2D eigenvalue weighted by molar-refractivity contribution is 0.0210. The summed E-state index contributed by atoms with van der Waals surface area (Å²) >= 11 is 6.54. The van der Waals surface area contributed by atoms with Crippen LogP contribution in [0.2, 0.25) is 0 Å². The zero-order valence-electron chi connectivity index (χ0n) is 10.6. The summed E-state index contributed by atoms with van der Waals surface area (Å²) in [6, 6.07) is 3.85. The summed E-state index contributed by atoms with van der Waals surface area (Å²) in [5, 5.41) is -0.891. The second kappa shape index (κ2) is 5.26. The van der Waals surface area contributed by atoms with Crippen molar-refractivity contribution in [1.29, 1.82) is 0 Å². The van der Waals surface area contributed by atoms with Crippen molar-refractivity contribution in [2.24, 2.45) is 5.73 Å². The van der Waals surface area contributed by atoms with E-state index in [-0.39, 0.29) is 0 Å². The smallest absolute Gasteiger partial charge is 0.173 e. The summed E-state index contributed by atoms with van der Waals surface area (Å²) in [6.07, 6.45) is 2.44. The van der Waals surface area contributed by atoms with E-state index in [4.69, 9.17) is 26.8 Å². The van der Waals surface area contributed by atoms with Crippen molar-refractivity contribution < 1.29 is 9.47 Å². The molecule has 1 unspecified atom stereocenters. The van der Waals surface area contributed by atoms with E-state index in [1.165, 1.54) is 0 Å². The van der Waals surface area contributed by atoms with Crippen LogP contribution in [-0.4, -0.2) is 25.2 Å². The Balaban J connectivity index is 2.44. The van der Waals surface area contributed by atoms with E-state index in [9.17, 15) is 0 Å². The number of aromatic nitrogens is 1. The van der Waals surface area contributed by atoms with Gasteiger partial charge in [0.05, 0.1) is 13.7 Å². The van der Waals surface area contributed by atoms with Gasteiger partial charge in [0.2, 0.25) is 0 Å². The van der Waals surface area contributed by atoms with Gasteiger partial charge in [0.25, 0.3) is 0 Å². The minimum absolute atomic E-state index is 0.410. The number of rotatable bonds is 4. The topological polar surface area (TPSA) is 57.4 Å². The molecular formula is C13H17ClN2O2. The third-order valence-electron chi connectivity index (χ3n) is 2.89. The Hall–Kier alpha value is -1.10. The number of halogens is 1. The predicted molar refractivity (Wildman–Crippen MR) is 71.1 cm³/mol. The van der Waals surface area contributed by atoms with Gasteiger partial charge >= 0.3 is 0 Å². The molecule has 0 bridgehead atoms. The number of methoxy groups -OCH3 is 1. The van der Waals surface area contributed by atoms with Gasteiger partial charge in [-0.2, -0.15) is 0 Å². The molecule has 1 atom stereocenters. The van der Waals surface area contributed by atoms with Gasteiger partial charge in [0, 0.05) is 24.2 Å². The van der Waals surface area contributed by atoms with Crippen LogP contribution >= 0.6 is 11.6 Å². The van der Waals surface area contributed by atoms with E-state index in [1.54, 1.807) is 7.11 Å². The van der Waals surface area contributed by atoms with Gasteiger partial charge in [0.15, 0.2) is 5.06 Å². The maximum Gasteiger partial charge on any atom is 0.173 e. The zero-order chi connectivity index (χ0) is 13.2. The summed E-state index contributed by atoms with van der Waals surface area (Å²) in [6.45, 7) is 2.77. The van der Waals surface area contributed by atoms with Crippen LogP contribution < -0.4 is 5.73 Å². The Kier molecular flexibility index (Phi) is 3.90. The van der Waals surface area contributed by atoms with Crippen LogP contribution in [0.4, 0.5) is 0 Å². The highest BCUT2D eigenvalue weighted by atomic mass is 35.5. The van der Waals surface area contributed by atoms with Crippen molar-refractivity contribution >= 4 is 17.4 Å². The summed E-state index contributed by atoms with van der Waals surface area (Å²) in [7, 11) is 1.63. The van der Waals surface area contributed by atoms with Gasteiger partial charge in [-0.1, -0.05) is 17.7 Å². The van der Waals surface area contributed by atoms with E-state index in [0.717, 1.165) is 22.7 Å². The molecule has 2 rings (SSSR count). The molecule has 0 saturated carbocycles. The lowest BCUT2D eigenvalue weighted by Gasteiger charge is -2.32. The number of ether oxygens (including phenoxy) is 2. The number of hydrogen-bond acceptors (Lipinski definition) is 4. The van der Waals surface area contributed by atoms with Gasteiger partial charge in [-0.05, 0) is 19.1 Å². The molecule has 1 aliphatic rings. The molecule has 0 saturated heterocycles. The van der Waals surface area contributed by atoms with Crippen LogP contribution in [0.1, 0.15) is 23.4 Å². The normalized spacial score (nSPS) is 22.3. The Morgan fingerprint density at radius 1 is 1.50 bits per heavy atom. The van der Waals surface area contributed by atoms with Crippen molar-refractivity contribution in [2.45, 2.75) is 18.4 Å². The van der Waals surface area contributed by atoms with Crippen LogP contribution in [0.5, 0.6) is 0 Å². The van der Waals surface area contributed by atoms with Crippen molar-refractivity contribution in [1.82, 2.24) is 4.98 Å². The van der Waals surface area contributed by atoms with E-state index < -0.39 is 5.06 Å². The maximum atomic E-state index is 6.54. The summed E-state index contributed by atoms with van der Waals surface area (Å²) in [4.78, 5) is 4.48. The molecular weight excluding hydrogens is 252 g/mol. The van der Waals surface area contributed by atoms with Gasteiger partial charge < -0.3 is 15.2 Å². The summed E-state index contributed by atoms with van der Waals surface area (Å²) < 4.78 is 11.0. The second-order valence-electron chi connectivity index (χ2n) is 4.19. The lowest BCUT2D eigenvalue weighted by Crippen LogP contribution is -2.29. The van der Waals surface area contributed by atoms with Crippen molar-refractivity contribution in [2.75, 3.05) is 20.3 Å². The Morgan fingerprint density at radius 3 is 2.94 bits per heavy atom. The molecule has 4 nitrogen and oxygen atoms in total. The molecule has 0 aliphatic heterocycles. The van der Waals surface area contributed by atoms with Crippen LogP contribution in [0.25, 0.3) is 5.76 Å². The van der Waals surface area contributed by atoms with Crippen LogP contribution in [0.3, 0.4) is 0 Å². The highest BCUT2D eigenvalue weighted by Crippen LogP contribution is 2.42. The number of fused-ring (bicyclic) bond motifs is 1. The fourth-order valence-corrected chi connectivity index (χ4v) is 2.32. The second-order valence-corrected chi connectivity index (χ2v) is 4.80. The molecule has 0 radical (unpaired) electrons. The Morgan fingerprint density at radius 2 is 2.28 bits per heavy atom. The van der Waals surface area contributed by atoms with Gasteiger partial charge in [-0.3, -0.25) is 0 Å². The predicted octanol–water partition coefficient (Wildman–Crippen LogP) is 2.15. The first kappa shape index (κ1) is 13.3. The van der Waals surface area contributed by atoms with E-state index in [2.05, 4.69) is 4.98 Å². The number of nitrogens with two attached hydrogens (primary N) is 1. The van der Waals surface area contributed by atoms with Crippen LogP contribution in [0.15, 0.2) is 18.2 Å². The fourth-order valence-electron chi connectivity index (χ4n) is 2.01. The third-order valence-corrected chi connectivity index (χ3v) is 3.36. The first-order chi connectivity index (χ1) is 8.60. The van der Waals surface area contributed by atoms with Crippen molar-refractivity contribution in [3.05, 3.63) is 35.2 Å². The Labute approximate surface area is 112 Å². The molecule has 1 aliphatic carbocycles. The first-order valence-corrected chi connectivity index (χ1v) is 6.24. The molecule has 0 fully saturated rings. The number of hydrogen-bond donors (Lipinski definition) is 1. The average molecular weight is 269 g/mol. The molecule has 2 N–H and O–H groups in total. The summed E-state index contributed by atoms with van der Waals surface area (Å²) in [5.41, 5.74) is 7.96. The highest BCUT2D eigenvalue weighted by Gasteiger charge is 2.37. The number of aryl methyl sites for hydroxylation is 1. The first-order valence-electron chi connectivity index (χ1n) is 5.86. The summed E-state index contributed by atoms with van der Waals surface area (Å²) in [5.74, 6) is 0.737. The molecule has 0 amide bonds. The quantitative estimate of drug-likeness (QED) is 0.850. The number of alkyl halides is 1. The third kappa shape index (κ3) is 2.36. The molecule has 0 aromatic carbocycles. The SMILES string of the molecule is COC1=CCC(Cl)(OCCN)c2ccc(C)nc21. The van der Waals surface area contributed by atoms with Gasteiger partial charge in [-0.15, -0.1) is 0 Å². The van der Waals surface area contributed by atoms with E-state index in [1.807, 2.05) is 25.1 Å².